The summed E-state index contributed by atoms with van der Waals surface area (Å²) in [4.78, 5) is 15.3. The zero-order valence-corrected chi connectivity index (χ0v) is 10.3. The Morgan fingerprint density at radius 2 is 1.63 bits per heavy atom. The predicted octanol–water partition coefficient (Wildman–Crippen LogP) is 3.39. The zero-order valence-electron chi connectivity index (χ0n) is 10.3. The van der Waals surface area contributed by atoms with Crippen molar-refractivity contribution in [2.24, 2.45) is 0 Å². The molecule has 0 saturated heterocycles. The minimum Gasteiger partial charge on any atom is -0.455 e. The summed E-state index contributed by atoms with van der Waals surface area (Å²) in [5, 5.41) is 0. The monoisotopic (exact) mass is 251 g/mol. The highest BCUT2D eigenvalue weighted by atomic mass is 16.5. The summed E-state index contributed by atoms with van der Waals surface area (Å²) < 4.78 is 5.18. The summed E-state index contributed by atoms with van der Waals surface area (Å²) >= 11 is 0. The Morgan fingerprint density at radius 1 is 1.05 bits per heavy atom. The first-order valence-electron chi connectivity index (χ1n) is 5.93. The van der Waals surface area contributed by atoms with Gasteiger partial charge in [0.1, 0.15) is 6.61 Å². The number of carbonyl (C=O) groups excluding carboxylic acids is 1. The first-order chi connectivity index (χ1) is 9.31. The largest absolute Gasteiger partial charge is 0.455 e. The number of ether oxygens (including phenoxy) is 1. The van der Waals surface area contributed by atoms with Gasteiger partial charge in [0.15, 0.2) is 0 Å². The minimum atomic E-state index is -0.884. The van der Waals surface area contributed by atoms with E-state index in [1.807, 2.05) is 36.4 Å². The van der Waals surface area contributed by atoms with Gasteiger partial charge in [-0.25, -0.2) is 11.4 Å². The average Bonchev–Trinajstić information content (AvgIpc) is 2.48. The van der Waals surface area contributed by atoms with E-state index in [0.29, 0.717) is 5.56 Å². The van der Waals surface area contributed by atoms with Crippen molar-refractivity contribution in [3.63, 3.8) is 0 Å². The number of esters is 1. The van der Waals surface area contributed by atoms with E-state index in [0.717, 1.165) is 5.56 Å². The van der Waals surface area contributed by atoms with E-state index in [1.165, 1.54) is 0 Å². The highest BCUT2D eigenvalue weighted by Gasteiger charge is 2.27. The summed E-state index contributed by atoms with van der Waals surface area (Å²) in [6.07, 6.45) is 0. The maximum atomic E-state index is 11.9. The lowest BCUT2D eigenvalue weighted by molar-refractivity contribution is -0.145. The smallest absolute Gasteiger partial charge is 0.395 e. The Kier molecular flexibility index (Phi) is 4.30. The van der Waals surface area contributed by atoms with Crippen LogP contribution in [-0.2, 0) is 16.1 Å². The van der Waals surface area contributed by atoms with E-state index in [2.05, 4.69) is 4.85 Å². The van der Waals surface area contributed by atoms with E-state index in [9.17, 15) is 4.79 Å². The third kappa shape index (κ3) is 3.43. The van der Waals surface area contributed by atoms with Crippen LogP contribution in [0.4, 0.5) is 0 Å². The van der Waals surface area contributed by atoms with Crippen molar-refractivity contribution in [3.8, 4) is 0 Å². The van der Waals surface area contributed by atoms with Gasteiger partial charge >= 0.3 is 12.0 Å². The fraction of sp³-hybridized carbons (Fsp3) is 0.125. The van der Waals surface area contributed by atoms with Crippen LogP contribution < -0.4 is 0 Å². The van der Waals surface area contributed by atoms with Crippen LogP contribution in [0.5, 0.6) is 0 Å². The van der Waals surface area contributed by atoms with Gasteiger partial charge in [0.25, 0.3) is 0 Å². The Hall–Kier alpha value is -2.60. The first kappa shape index (κ1) is 12.8. The molecule has 0 spiro atoms. The summed E-state index contributed by atoms with van der Waals surface area (Å²) in [5.74, 6) is -0.509. The lowest BCUT2D eigenvalue weighted by Gasteiger charge is -2.07. The molecule has 0 heterocycles. The molecule has 1 atom stereocenters. The van der Waals surface area contributed by atoms with Crippen molar-refractivity contribution in [2.75, 3.05) is 0 Å². The normalized spacial score (nSPS) is 11.3. The molecule has 2 aromatic carbocycles. The summed E-state index contributed by atoms with van der Waals surface area (Å²) in [6.45, 7) is 7.33. The molecular formula is C16H13NO2. The molecule has 0 amide bonds. The van der Waals surface area contributed by atoms with Crippen LogP contribution in [0.1, 0.15) is 17.2 Å². The molecule has 0 saturated carbocycles. The molecule has 0 aliphatic carbocycles. The number of hydrogen-bond donors (Lipinski definition) is 0. The fourth-order valence-electron chi connectivity index (χ4n) is 1.71. The third-order valence-corrected chi connectivity index (χ3v) is 2.69. The SMILES string of the molecule is [C-]#[N+]C(C(=O)OCc1ccccc1)c1ccccc1. The predicted molar refractivity (Wildman–Crippen MR) is 72.0 cm³/mol. The Bertz CT molecular complexity index is 573. The number of hydrogen-bond acceptors (Lipinski definition) is 2. The van der Waals surface area contributed by atoms with Gasteiger partial charge < -0.3 is 4.74 Å². The van der Waals surface area contributed by atoms with Crippen LogP contribution in [0, 0.1) is 6.57 Å². The molecule has 0 radical (unpaired) electrons. The van der Waals surface area contributed by atoms with Crippen LogP contribution in [0.15, 0.2) is 60.7 Å². The van der Waals surface area contributed by atoms with Crippen molar-refractivity contribution in [2.45, 2.75) is 12.6 Å². The van der Waals surface area contributed by atoms with E-state index < -0.39 is 12.0 Å². The van der Waals surface area contributed by atoms with Crippen molar-refractivity contribution in [3.05, 3.63) is 83.2 Å². The maximum absolute atomic E-state index is 11.9. The number of nitrogens with zero attached hydrogens (tertiary/aromatic N) is 1. The van der Waals surface area contributed by atoms with Gasteiger partial charge in [-0.3, -0.25) is 4.85 Å². The van der Waals surface area contributed by atoms with E-state index in [-0.39, 0.29) is 6.61 Å². The molecule has 2 rings (SSSR count). The highest BCUT2D eigenvalue weighted by molar-refractivity contribution is 5.79. The second-order valence-corrected chi connectivity index (χ2v) is 4.04. The molecule has 3 heteroatoms. The van der Waals surface area contributed by atoms with Gasteiger partial charge in [0, 0.05) is 5.56 Å². The van der Waals surface area contributed by atoms with Gasteiger partial charge in [-0.2, -0.15) is 0 Å². The van der Waals surface area contributed by atoms with Crippen LogP contribution in [0.3, 0.4) is 0 Å². The molecule has 0 N–H and O–H groups in total. The number of rotatable bonds is 4. The summed E-state index contributed by atoms with van der Waals surface area (Å²) in [6, 6.07) is 17.5. The molecular weight excluding hydrogens is 238 g/mol. The second-order valence-electron chi connectivity index (χ2n) is 4.04. The van der Waals surface area contributed by atoms with Crippen molar-refractivity contribution < 1.29 is 9.53 Å². The molecule has 1 unspecified atom stereocenters. The summed E-state index contributed by atoms with van der Waals surface area (Å²) in [5.41, 5.74) is 1.57. The summed E-state index contributed by atoms with van der Waals surface area (Å²) in [7, 11) is 0. The molecule has 19 heavy (non-hydrogen) atoms. The lowest BCUT2D eigenvalue weighted by Crippen LogP contribution is -2.13. The van der Waals surface area contributed by atoms with E-state index in [4.69, 9.17) is 11.3 Å². The van der Waals surface area contributed by atoms with Crippen LogP contribution in [0.25, 0.3) is 4.85 Å². The Morgan fingerprint density at radius 3 is 2.21 bits per heavy atom. The van der Waals surface area contributed by atoms with Gasteiger partial charge in [0.05, 0.1) is 0 Å². The molecule has 2 aromatic rings. The fourth-order valence-corrected chi connectivity index (χ4v) is 1.71. The van der Waals surface area contributed by atoms with Crippen molar-refractivity contribution in [1.29, 1.82) is 0 Å². The molecule has 0 fully saturated rings. The quantitative estimate of drug-likeness (QED) is 0.616. The van der Waals surface area contributed by atoms with Crippen LogP contribution in [-0.4, -0.2) is 5.97 Å². The van der Waals surface area contributed by atoms with Crippen LogP contribution in [0.2, 0.25) is 0 Å². The van der Waals surface area contributed by atoms with Crippen molar-refractivity contribution >= 4 is 5.97 Å². The van der Waals surface area contributed by atoms with E-state index in [1.54, 1.807) is 24.3 Å². The Balaban J connectivity index is 2.01. The minimum absolute atomic E-state index is 0.193. The highest BCUT2D eigenvalue weighted by Crippen LogP contribution is 2.19. The molecule has 0 aliphatic rings. The molecule has 0 aromatic heterocycles. The van der Waals surface area contributed by atoms with Crippen molar-refractivity contribution in [1.82, 2.24) is 0 Å². The first-order valence-corrected chi connectivity index (χ1v) is 5.93. The molecule has 94 valence electrons. The molecule has 0 aliphatic heterocycles. The topological polar surface area (TPSA) is 30.7 Å². The second kappa shape index (κ2) is 6.36. The Labute approximate surface area is 112 Å². The standard InChI is InChI=1S/C16H13NO2/c1-17-15(14-10-6-3-7-11-14)16(18)19-12-13-8-4-2-5-9-13/h2-11,15H,12H2. The molecule has 0 bridgehead atoms. The van der Waals surface area contributed by atoms with Gasteiger partial charge in [-0.05, 0) is 5.56 Å². The van der Waals surface area contributed by atoms with Gasteiger partial charge in [-0.15, -0.1) is 0 Å². The van der Waals surface area contributed by atoms with Gasteiger partial charge in [-0.1, -0.05) is 60.7 Å². The van der Waals surface area contributed by atoms with Gasteiger partial charge in [0.2, 0.25) is 0 Å². The lowest BCUT2D eigenvalue weighted by atomic mass is 10.1. The number of carbonyl (C=O) groups is 1. The molecule has 3 nitrogen and oxygen atoms in total. The zero-order chi connectivity index (χ0) is 13.5. The maximum Gasteiger partial charge on any atom is 0.395 e. The van der Waals surface area contributed by atoms with Crippen LogP contribution >= 0.6 is 0 Å². The van der Waals surface area contributed by atoms with E-state index >= 15 is 0 Å². The third-order valence-electron chi connectivity index (χ3n) is 2.69. The number of benzene rings is 2. The average molecular weight is 251 g/mol.